The van der Waals surface area contributed by atoms with Crippen molar-refractivity contribution in [3.05, 3.63) is 35.9 Å². The molecule has 1 aromatic carbocycles. The maximum absolute atomic E-state index is 12.0. The van der Waals surface area contributed by atoms with Crippen LogP contribution in [0.5, 0.6) is 0 Å². The topological polar surface area (TPSA) is 75.0 Å². The molecule has 5 heteroatoms. The van der Waals surface area contributed by atoms with Gasteiger partial charge in [0.25, 0.3) is 0 Å². The molecule has 0 radical (unpaired) electrons. The fourth-order valence-electron chi connectivity index (χ4n) is 2.47. The van der Waals surface area contributed by atoms with Crippen molar-refractivity contribution in [2.45, 2.75) is 18.1 Å². The molecule has 1 aromatic rings. The first kappa shape index (κ1) is 12.8. The van der Waals surface area contributed by atoms with Crippen molar-refractivity contribution < 1.29 is 13.2 Å². The van der Waals surface area contributed by atoms with Crippen molar-refractivity contribution in [1.82, 2.24) is 0 Å². The maximum atomic E-state index is 12.0. The van der Waals surface area contributed by atoms with Gasteiger partial charge >= 0.3 is 0 Å². The van der Waals surface area contributed by atoms with Gasteiger partial charge in [-0.15, -0.1) is 0 Å². The summed E-state index contributed by atoms with van der Waals surface area (Å²) in [5.41, 5.74) is -0.677. The molecule has 94 valence electrons. The van der Waals surface area contributed by atoms with Gasteiger partial charge in [-0.3, -0.25) is 0 Å². The van der Waals surface area contributed by atoms with E-state index < -0.39 is 26.4 Å². The third-order valence-electron chi connectivity index (χ3n) is 3.52. The van der Waals surface area contributed by atoms with Crippen LogP contribution in [-0.2, 0) is 14.6 Å². The lowest BCUT2D eigenvalue weighted by molar-refractivity contribution is -0.110. The Kier molecular flexibility index (Phi) is 2.99. The Labute approximate surface area is 106 Å². The molecule has 0 amide bonds. The Hall–Kier alpha value is -1.67. The Balaban J connectivity index is 2.49. The molecule has 0 N–H and O–H groups in total. The lowest BCUT2D eigenvalue weighted by atomic mass is 10.0. The smallest absolute Gasteiger partial charge is 0.155 e. The van der Waals surface area contributed by atoms with Crippen molar-refractivity contribution in [3.8, 4) is 6.07 Å². The minimum absolute atomic E-state index is 0.0573. The summed E-state index contributed by atoms with van der Waals surface area (Å²) in [6, 6.07) is 10.8. The second kappa shape index (κ2) is 4.21. The number of nitriles is 1. The summed E-state index contributed by atoms with van der Waals surface area (Å²) in [4.78, 5) is 11.2. The van der Waals surface area contributed by atoms with Crippen LogP contribution in [0.3, 0.4) is 0 Å². The van der Waals surface area contributed by atoms with Crippen molar-refractivity contribution in [3.63, 3.8) is 0 Å². The summed E-state index contributed by atoms with van der Waals surface area (Å²) in [7, 11) is -3.41. The van der Waals surface area contributed by atoms with Gasteiger partial charge in [0.15, 0.2) is 9.84 Å². The SMILES string of the molecule is CCS(=O)(=O)[C@H]1[C@H](c2ccccc2)[C@@]1(C#N)C=O. The highest BCUT2D eigenvalue weighted by Crippen LogP contribution is 2.61. The van der Waals surface area contributed by atoms with Crippen LogP contribution in [-0.4, -0.2) is 25.7 Å². The monoisotopic (exact) mass is 263 g/mol. The molecule has 1 fully saturated rings. The predicted molar refractivity (Wildman–Crippen MR) is 66.5 cm³/mol. The molecular formula is C13H13NO3S. The first-order valence-corrected chi connectivity index (χ1v) is 7.39. The summed E-state index contributed by atoms with van der Waals surface area (Å²) in [6.45, 7) is 1.53. The Bertz CT molecular complexity index is 603. The van der Waals surface area contributed by atoms with E-state index in [-0.39, 0.29) is 5.75 Å². The van der Waals surface area contributed by atoms with Gasteiger partial charge < -0.3 is 4.79 Å². The minimum Gasteiger partial charge on any atom is -0.302 e. The molecule has 0 saturated heterocycles. The fourth-order valence-corrected chi connectivity index (χ4v) is 4.40. The molecular weight excluding hydrogens is 250 g/mol. The number of hydrogen-bond acceptors (Lipinski definition) is 4. The molecule has 1 saturated carbocycles. The number of rotatable bonds is 4. The average Bonchev–Trinajstić information content (AvgIpc) is 3.10. The molecule has 18 heavy (non-hydrogen) atoms. The summed E-state index contributed by atoms with van der Waals surface area (Å²) in [6.07, 6.45) is 0.489. The van der Waals surface area contributed by atoms with Crippen molar-refractivity contribution in [2.24, 2.45) is 5.41 Å². The Morgan fingerprint density at radius 1 is 1.39 bits per heavy atom. The van der Waals surface area contributed by atoms with Gasteiger partial charge in [0.05, 0.1) is 11.3 Å². The van der Waals surface area contributed by atoms with Gasteiger partial charge in [0.2, 0.25) is 0 Å². The quantitative estimate of drug-likeness (QED) is 0.767. The van der Waals surface area contributed by atoms with Gasteiger partial charge in [0.1, 0.15) is 11.7 Å². The highest BCUT2D eigenvalue weighted by molar-refractivity contribution is 7.92. The van der Waals surface area contributed by atoms with Crippen molar-refractivity contribution >= 4 is 16.1 Å². The van der Waals surface area contributed by atoms with E-state index in [9.17, 15) is 18.5 Å². The fraction of sp³-hybridized carbons (Fsp3) is 0.385. The van der Waals surface area contributed by atoms with Crippen LogP contribution < -0.4 is 0 Å². The van der Waals surface area contributed by atoms with Crippen LogP contribution in [0.15, 0.2) is 30.3 Å². The largest absolute Gasteiger partial charge is 0.302 e. The second-order valence-corrected chi connectivity index (χ2v) is 6.83. The van der Waals surface area contributed by atoms with Gasteiger partial charge in [-0.2, -0.15) is 5.26 Å². The van der Waals surface area contributed by atoms with E-state index >= 15 is 0 Å². The zero-order chi connectivity index (χ0) is 13.4. The molecule has 0 aromatic heterocycles. The summed E-state index contributed by atoms with van der Waals surface area (Å²) in [5.74, 6) is -0.593. The van der Waals surface area contributed by atoms with E-state index in [0.29, 0.717) is 6.29 Å². The summed E-state index contributed by atoms with van der Waals surface area (Å²) in [5, 5.41) is 8.27. The number of carbonyl (C=O) groups excluding carboxylic acids is 1. The van der Waals surface area contributed by atoms with Crippen molar-refractivity contribution in [2.75, 3.05) is 5.75 Å². The Morgan fingerprint density at radius 2 is 2.00 bits per heavy atom. The van der Waals surface area contributed by atoms with E-state index in [0.717, 1.165) is 5.56 Å². The average molecular weight is 263 g/mol. The Morgan fingerprint density at radius 3 is 2.44 bits per heavy atom. The van der Waals surface area contributed by atoms with Crippen LogP contribution in [0.4, 0.5) is 0 Å². The highest BCUT2D eigenvalue weighted by Gasteiger charge is 2.72. The van der Waals surface area contributed by atoms with Gasteiger partial charge in [-0.05, 0) is 5.56 Å². The standard InChI is InChI=1S/C13H13NO3S/c1-2-18(16,17)12-11(13(12,8-14)9-15)10-6-4-3-5-7-10/h3-7,9,11-12H,2H2,1H3/t11-,12-,13+/m0/s1. The number of hydrogen-bond donors (Lipinski definition) is 0. The van der Waals surface area contributed by atoms with Crippen LogP contribution in [0.2, 0.25) is 0 Å². The molecule has 0 aliphatic heterocycles. The third kappa shape index (κ3) is 1.65. The normalized spacial score (nSPS) is 30.4. The number of nitrogens with zero attached hydrogens (tertiary/aromatic N) is 1. The third-order valence-corrected chi connectivity index (χ3v) is 5.76. The zero-order valence-corrected chi connectivity index (χ0v) is 10.7. The molecule has 3 atom stereocenters. The molecule has 0 spiro atoms. The van der Waals surface area contributed by atoms with Gasteiger partial charge in [-0.1, -0.05) is 37.3 Å². The lowest BCUT2D eigenvalue weighted by Crippen LogP contribution is -2.17. The van der Waals surface area contributed by atoms with Crippen LogP contribution >= 0.6 is 0 Å². The minimum atomic E-state index is -3.41. The van der Waals surface area contributed by atoms with E-state index in [1.54, 1.807) is 24.3 Å². The first-order valence-electron chi connectivity index (χ1n) is 5.67. The molecule has 2 rings (SSSR count). The molecule has 0 unspecified atom stereocenters. The van der Waals surface area contributed by atoms with Crippen LogP contribution in [0, 0.1) is 16.7 Å². The van der Waals surface area contributed by atoms with Crippen LogP contribution in [0.25, 0.3) is 0 Å². The van der Waals surface area contributed by atoms with E-state index in [4.69, 9.17) is 0 Å². The van der Waals surface area contributed by atoms with E-state index in [2.05, 4.69) is 0 Å². The zero-order valence-electron chi connectivity index (χ0n) is 9.91. The number of aldehydes is 1. The van der Waals surface area contributed by atoms with E-state index in [1.165, 1.54) is 6.92 Å². The molecule has 0 heterocycles. The maximum Gasteiger partial charge on any atom is 0.155 e. The molecule has 0 bridgehead atoms. The molecule has 4 nitrogen and oxygen atoms in total. The first-order chi connectivity index (χ1) is 8.53. The molecule has 1 aliphatic carbocycles. The van der Waals surface area contributed by atoms with Crippen LogP contribution in [0.1, 0.15) is 18.4 Å². The van der Waals surface area contributed by atoms with Gasteiger partial charge in [-0.25, -0.2) is 8.42 Å². The number of carbonyl (C=O) groups is 1. The van der Waals surface area contributed by atoms with Crippen molar-refractivity contribution in [1.29, 1.82) is 5.26 Å². The lowest BCUT2D eigenvalue weighted by Gasteiger charge is -1.99. The molecule has 1 aliphatic rings. The number of sulfone groups is 1. The predicted octanol–water partition coefficient (Wildman–Crippen LogP) is 1.30. The highest BCUT2D eigenvalue weighted by atomic mass is 32.2. The second-order valence-electron chi connectivity index (χ2n) is 4.42. The summed E-state index contributed by atoms with van der Waals surface area (Å²) >= 11 is 0. The van der Waals surface area contributed by atoms with E-state index in [1.807, 2.05) is 12.1 Å². The summed E-state index contributed by atoms with van der Waals surface area (Å²) < 4.78 is 23.9. The van der Waals surface area contributed by atoms with Gasteiger partial charge in [0, 0.05) is 11.7 Å². The number of benzene rings is 1.